The number of anilines is 1. The van der Waals surface area contributed by atoms with Crippen molar-refractivity contribution < 1.29 is 23.0 Å². The second kappa shape index (κ2) is 5.16. The number of fused-ring (bicyclic) bond motifs is 1. The van der Waals surface area contributed by atoms with Gasteiger partial charge in [0.25, 0.3) is 5.56 Å². The molecule has 0 unspecified atom stereocenters. The van der Waals surface area contributed by atoms with E-state index in [1.807, 2.05) is 0 Å². The van der Waals surface area contributed by atoms with Gasteiger partial charge in [0.1, 0.15) is 5.69 Å². The Balaban J connectivity index is 1.62. The van der Waals surface area contributed by atoms with Gasteiger partial charge in [-0.3, -0.25) is 9.59 Å². The molecule has 1 aliphatic carbocycles. The predicted molar refractivity (Wildman–Crippen MR) is 82.1 cm³/mol. The van der Waals surface area contributed by atoms with Crippen LogP contribution in [0.4, 0.5) is 14.5 Å². The van der Waals surface area contributed by atoms with Crippen molar-refractivity contribution in [2.24, 2.45) is 0 Å². The van der Waals surface area contributed by atoms with Crippen molar-refractivity contribution in [3.63, 3.8) is 0 Å². The monoisotopic (exact) mass is 369 g/mol. The van der Waals surface area contributed by atoms with E-state index >= 15 is 0 Å². The molecule has 0 radical (unpaired) electrons. The Morgan fingerprint density at radius 1 is 1.24 bits per heavy atom. The summed E-state index contributed by atoms with van der Waals surface area (Å²) in [7, 11) is 0. The normalized spacial score (nSPS) is 18.7. The van der Waals surface area contributed by atoms with Gasteiger partial charge in [0.2, 0.25) is 5.91 Å². The second-order valence-corrected chi connectivity index (χ2v) is 6.19. The molecule has 1 aliphatic heterocycles. The van der Waals surface area contributed by atoms with Gasteiger partial charge in [-0.25, -0.2) is 5.10 Å². The highest BCUT2D eigenvalue weighted by Crippen LogP contribution is 2.52. The van der Waals surface area contributed by atoms with Gasteiger partial charge < -0.3 is 14.8 Å². The molecule has 1 fully saturated rings. The molecular weight excluding hydrogens is 360 g/mol. The van der Waals surface area contributed by atoms with Crippen LogP contribution in [0.3, 0.4) is 0 Å². The number of H-pyrrole nitrogens is 1. The second-order valence-electron chi connectivity index (χ2n) is 5.80. The number of aromatic amines is 1. The van der Waals surface area contributed by atoms with Gasteiger partial charge in [-0.1, -0.05) is 17.7 Å². The van der Waals surface area contributed by atoms with Gasteiger partial charge >= 0.3 is 6.29 Å². The number of ether oxygens (including phenoxy) is 2. The molecule has 0 bridgehead atoms. The van der Waals surface area contributed by atoms with E-state index in [4.69, 9.17) is 11.6 Å². The van der Waals surface area contributed by atoms with Crippen LogP contribution in [0.25, 0.3) is 0 Å². The number of benzene rings is 1. The number of carbonyl (C=O) groups is 1. The van der Waals surface area contributed by atoms with Crippen LogP contribution < -0.4 is 20.3 Å². The minimum atomic E-state index is -3.72. The largest absolute Gasteiger partial charge is 0.586 e. The molecular formula is C15H10ClF2N3O4. The fourth-order valence-corrected chi connectivity index (χ4v) is 2.89. The van der Waals surface area contributed by atoms with Crippen LogP contribution in [-0.4, -0.2) is 22.4 Å². The summed E-state index contributed by atoms with van der Waals surface area (Å²) in [6.07, 6.45) is -2.71. The fourth-order valence-electron chi connectivity index (χ4n) is 2.73. The topological polar surface area (TPSA) is 93.3 Å². The summed E-state index contributed by atoms with van der Waals surface area (Å²) in [6.45, 7) is 0. The minimum Gasteiger partial charge on any atom is -0.395 e. The highest BCUT2D eigenvalue weighted by atomic mass is 35.5. The molecule has 0 atom stereocenters. The van der Waals surface area contributed by atoms with Crippen LogP contribution in [0.5, 0.6) is 11.5 Å². The van der Waals surface area contributed by atoms with Crippen LogP contribution in [0.2, 0.25) is 5.15 Å². The van der Waals surface area contributed by atoms with Crippen LogP contribution in [0, 0.1) is 0 Å². The zero-order chi connectivity index (χ0) is 17.8. The number of rotatable bonds is 3. The summed E-state index contributed by atoms with van der Waals surface area (Å²) in [5.41, 5.74) is -1.05. The van der Waals surface area contributed by atoms with Crippen molar-refractivity contribution in [3.8, 4) is 11.5 Å². The van der Waals surface area contributed by atoms with E-state index in [-0.39, 0.29) is 22.3 Å². The number of carbonyl (C=O) groups excluding carboxylic acids is 1. The lowest BCUT2D eigenvalue weighted by Crippen LogP contribution is -2.30. The lowest BCUT2D eigenvalue weighted by Gasteiger charge is -2.15. The van der Waals surface area contributed by atoms with E-state index in [0.717, 1.165) is 0 Å². The third-order valence-corrected chi connectivity index (χ3v) is 4.35. The summed E-state index contributed by atoms with van der Waals surface area (Å²) >= 11 is 5.70. The molecule has 0 saturated heterocycles. The number of halogens is 3. The minimum absolute atomic E-state index is 0.0186. The van der Waals surface area contributed by atoms with E-state index in [1.165, 1.54) is 24.3 Å². The number of aromatic nitrogens is 2. The first-order chi connectivity index (χ1) is 11.8. The van der Waals surface area contributed by atoms with Crippen LogP contribution in [0.1, 0.15) is 18.4 Å². The van der Waals surface area contributed by atoms with Crippen molar-refractivity contribution in [3.05, 3.63) is 45.3 Å². The maximum absolute atomic E-state index is 13.1. The van der Waals surface area contributed by atoms with Gasteiger partial charge in [-0.05, 0) is 30.5 Å². The Morgan fingerprint density at radius 2 is 1.96 bits per heavy atom. The van der Waals surface area contributed by atoms with Crippen LogP contribution >= 0.6 is 11.6 Å². The smallest absolute Gasteiger partial charge is 0.395 e. The first kappa shape index (κ1) is 15.8. The number of amides is 1. The Bertz CT molecular complexity index is 943. The molecule has 7 nitrogen and oxygen atoms in total. The molecule has 0 spiro atoms. The van der Waals surface area contributed by atoms with Crippen molar-refractivity contribution in [1.82, 2.24) is 10.2 Å². The van der Waals surface area contributed by atoms with Gasteiger partial charge in [-0.15, -0.1) is 8.78 Å². The maximum Gasteiger partial charge on any atom is 0.586 e. The molecule has 130 valence electrons. The maximum atomic E-state index is 13.1. The van der Waals surface area contributed by atoms with E-state index < -0.39 is 23.2 Å². The van der Waals surface area contributed by atoms with Gasteiger partial charge in [0.15, 0.2) is 16.7 Å². The molecule has 1 aromatic carbocycles. The summed E-state index contributed by atoms with van der Waals surface area (Å²) in [5, 5.41) is 8.19. The average Bonchev–Trinajstić information content (AvgIpc) is 3.28. The first-order valence-corrected chi connectivity index (χ1v) is 7.64. The highest BCUT2D eigenvalue weighted by molar-refractivity contribution is 6.29. The zero-order valence-electron chi connectivity index (χ0n) is 12.4. The Hall–Kier alpha value is -2.68. The van der Waals surface area contributed by atoms with Crippen molar-refractivity contribution in [2.45, 2.75) is 24.6 Å². The number of hydrogen-bond donors (Lipinski definition) is 2. The van der Waals surface area contributed by atoms with Gasteiger partial charge in [0.05, 0.1) is 5.41 Å². The molecule has 2 aromatic rings. The zero-order valence-corrected chi connectivity index (χ0v) is 13.2. The molecule has 4 rings (SSSR count). The predicted octanol–water partition coefficient (Wildman–Crippen LogP) is 2.42. The summed E-state index contributed by atoms with van der Waals surface area (Å²) in [5.74, 6) is -0.667. The van der Waals surface area contributed by atoms with Crippen molar-refractivity contribution in [2.75, 3.05) is 5.32 Å². The Kier molecular flexibility index (Phi) is 3.26. The molecule has 25 heavy (non-hydrogen) atoms. The van der Waals surface area contributed by atoms with E-state index in [0.29, 0.717) is 18.4 Å². The Morgan fingerprint density at radius 3 is 2.68 bits per heavy atom. The molecule has 2 aliphatic rings. The fraction of sp³-hybridized carbons (Fsp3) is 0.267. The first-order valence-electron chi connectivity index (χ1n) is 7.26. The molecule has 2 heterocycles. The molecule has 10 heteroatoms. The van der Waals surface area contributed by atoms with E-state index in [1.54, 1.807) is 0 Å². The molecule has 1 amide bonds. The number of hydrogen-bond acceptors (Lipinski definition) is 5. The highest BCUT2D eigenvalue weighted by Gasteiger charge is 2.53. The van der Waals surface area contributed by atoms with Crippen LogP contribution in [-0.2, 0) is 10.2 Å². The van der Waals surface area contributed by atoms with Crippen LogP contribution in [0.15, 0.2) is 29.1 Å². The van der Waals surface area contributed by atoms with Gasteiger partial charge in [0, 0.05) is 6.07 Å². The van der Waals surface area contributed by atoms with Crippen molar-refractivity contribution in [1.29, 1.82) is 0 Å². The lowest BCUT2D eigenvalue weighted by atomic mass is 9.94. The average molecular weight is 370 g/mol. The number of alkyl halides is 2. The summed E-state index contributed by atoms with van der Waals surface area (Å²) in [6, 6.07) is 5.44. The van der Waals surface area contributed by atoms with E-state index in [2.05, 4.69) is 25.0 Å². The molecule has 2 N–H and O–H groups in total. The summed E-state index contributed by atoms with van der Waals surface area (Å²) in [4.78, 5) is 24.3. The SMILES string of the molecule is O=C(Nc1cc(Cl)n[nH]c1=O)C1(c2ccc3c(c2)OC(F)(F)O3)CC1. The van der Waals surface area contributed by atoms with Gasteiger partial charge in [-0.2, -0.15) is 5.10 Å². The number of nitrogens with zero attached hydrogens (tertiary/aromatic N) is 1. The quantitative estimate of drug-likeness (QED) is 0.866. The molecule has 1 aromatic heterocycles. The molecule has 1 saturated carbocycles. The summed E-state index contributed by atoms with van der Waals surface area (Å²) < 4.78 is 35.0. The third kappa shape index (κ3) is 2.70. The van der Waals surface area contributed by atoms with E-state index in [9.17, 15) is 18.4 Å². The van der Waals surface area contributed by atoms with Crippen molar-refractivity contribution >= 4 is 23.2 Å². The Labute approximate surface area is 143 Å². The number of nitrogens with one attached hydrogen (secondary N) is 2. The lowest BCUT2D eigenvalue weighted by molar-refractivity contribution is -0.286. The standard InChI is InChI=1S/C15H10ClF2N3O4/c16-11-6-8(12(22)21-20-11)19-13(23)14(3-4-14)7-1-2-9-10(5-7)25-15(17,18)24-9/h1-2,5-6H,3-4H2,(H,21,22)(H,19,20,23). The third-order valence-electron chi connectivity index (χ3n) is 4.16.